The van der Waals surface area contributed by atoms with Crippen LogP contribution in [0.2, 0.25) is 0 Å². The number of anilines is 1. The van der Waals surface area contributed by atoms with Crippen LogP contribution in [0.3, 0.4) is 0 Å². The summed E-state index contributed by atoms with van der Waals surface area (Å²) in [6, 6.07) is 5.38. The van der Waals surface area contributed by atoms with Gasteiger partial charge in [-0.05, 0) is 55.9 Å². The molecule has 0 saturated carbocycles. The maximum Gasteiger partial charge on any atom is 0.341 e. The third-order valence-corrected chi connectivity index (χ3v) is 6.69. The lowest BCUT2D eigenvalue weighted by Gasteiger charge is -2.20. The molecule has 0 spiro atoms. The maximum absolute atomic E-state index is 12.7. The number of hydrogen-bond donors (Lipinski definition) is 1. The zero-order valence-electron chi connectivity index (χ0n) is 18.4. The van der Waals surface area contributed by atoms with Crippen LogP contribution in [0.25, 0.3) is 6.08 Å². The summed E-state index contributed by atoms with van der Waals surface area (Å²) in [4.78, 5) is 26.5. The minimum atomic E-state index is -0.369. The normalized spacial score (nSPS) is 15.4. The molecule has 1 aromatic heterocycles. The summed E-state index contributed by atoms with van der Waals surface area (Å²) in [5.41, 5.74) is 2.30. The van der Waals surface area contributed by atoms with Gasteiger partial charge in [0.05, 0.1) is 26.4 Å². The molecule has 1 aromatic carbocycles. The van der Waals surface area contributed by atoms with Crippen LogP contribution < -0.4 is 14.8 Å². The fourth-order valence-corrected chi connectivity index (χ4v) is 5.14. The van der Waals surface area contributed by atoms with E-state index < -0.39 is 0 Å². The van der Waals surface area contributed by atoms with E-state index >= 15 is 0 Å². The number of nitrogens with one attached hydrogen (secondary N) is 1. The Balaban J connectivity index is 1.83. The lowest BCUT2D eigenvalue weighted by Crippen LogP contribution is -2.16. The second-order valence-electron chi connectivity index (χ2n) is 7.38. The molecule has 1 N–H and O–H groups in total. The largest absolute Gasteiger partial charge is 0.497 e. The van der Waals surface area contributed by atoms with E-state index in [2.05, 4.69) is 12.2 Å². The number of carbonyl (C=O) groups excluding carboxylic acids is 2. The third-order valence-electron chi connectivity index (χ3n) is 5.52. The molecule has 166 valence electrons. The van der Waals surface area contributed by atoms with E-state index in [4.69, 9.17) is 14.2 Å². The maximum atomic E-state index is 12.7. The molecule has 1 amide bonds. The molecule has 6 nitrogen and oxygen atoms in total. The minimum Gasteiger partial charge on any atom is -0.497 e. The number of esters is 1. The first-order valence-corrected chi connectivity index (χ1v) is 11.3. The second kappa shape index (κ2) is 10.5. The number of fused-ring (bicyclic) bond motifs is 1. The Morgan fingerprint density at radius 3 is 2.71 bits per heavy atom. The standard InChI is InChI=1S/C24H29NO5S/c1-5-15-7-11-18-20(13-15)31-23(22(18)24(27)30-6-2)25-21(26)12-9-16-8-10-17(28-3)14-19(16)29-4/h8-10,12,14-15H,5-7,11,13H2,1-4H3,(H,25,26)/b12-9+. The van der Waals surface area contributed by atoms with Gasteiger partial charge < -0.3 is 19.5 Å². The van der Waals surface area contributed by atoms with E-state index in [-0.39, 0.29) is 11.9 Å². The van der Waals surface area contributed by atoms with Gasteiger partial charge in [-0.1, -0.05) is 13.3 Å². The first-order valence-electron chi connectivity index (χ1n) is 10.5. The van der Waals surface area contributed by atoms with Gasteiger partial charge in [-0.25, -0.2) is 4.79 Å². The number of rotatable bonds is 8. The molecule has 1 aliphatic carbocycles. The van der Waals surface area contributed by atoms with Crippen molar-refractivity contribution < 1.29 is 23.8 Å². The first kappa shape index (κ1) is 22.9. The second-order valence-corrected chi connectivity index (χ2v) is 8.48. The lowest BCUT2D eigenvalue weighted by molar-refractivity contribution is -0.111. The highest BCUT2D eigenvalue weighted by molar-refractivity contribution is 7.17. The van der Waals surface area contributed by atoms with E-state index in [0.29, 0.717) is 34.6 Å². The zero-order valence-corrected chi connectivity index (χ0v) is 19.3. The first-order chi connectivity index (χ1) is 15.0. The molecule has 0 fully saturated rings. The number of benzene rings is 1. The van der Waals surface area contributed by atoms with E-state index in [1.807, 2.05) is 6.07 Å². The van der Waals surface area contributed by atoms with Crippen molar-refractivity contribution in [3.05, 3.63) is 45.8 Å². The van der Waals surface area contributed by atoms with Crippen LogP contribution in [-0.2, 0) is 22.4 Å². The van der Waals surface area contributed by atoms with Crippen LogP contribution in [-0.4, -0.2) is 32.7 Å². The van der Waals surface area contributed by atoms with Crippen LogP contribution in [0.5, 0.6) is 11.5 Å². The molecule has 0 radical (unpaired) electrons. The van der Waals surface area contributed by atoms with Crippen molar-refractivity contribution in [2.45, 2.75) is 39.5 Å². The Kier molecular flexibility index (Phi) is 7.74. The number of methoxy groups -OCH3 is 2. The highest BCUT2D eigenvalue weighted by atomic mass is 32.1. The highest BCUT2D eigenvalue weighted by Crippen LogP contribution is 2.40. The number of thiophene rings is 1. The Bertz CT molecular complexity index is 979. The molecule has 1 unspecified atom stereocenters. The third kappa shape index (κ3) is 5.28. The van der Waals surface area contributed by atoms with Crippen molar-refractivity contribution in [1.29, 1.82) is 0 Å². The molecule has 7 heteroatoms. The van der Waals surface area contributed by atoms with Gasteiger partial charge in [0.25, 0.3) is 0 Å². The van der Waals surface area contributed by atoms with Crippen LogP contribution in [0, 0.1) is 5.92 Å². The van der Waals surface area contributed by atoms with Crippen molar-refractivity contribution in [2.75, 3.05) is 26.1 Å². The predicted molar refractivity (Wildman–Crippen MR) is 123 cm³/mol. The zero-order chi connectivity index (χ0) is 22.4. The number of carbonyl (C=O) groups is 2. The van der Waals surface area contributed by atoms with E-state index in [9.17, 15) is 9.59 Å². The molecular formula is C24H29NO5S. The summed E-state index contributed by atoms with van der Waals surface area (Å²) in [7, 11) is 3.15. The van der Waals surface area contributed by atoms with Crippen LogP contribution in [0.15, 0.2) is 24.3 Å². The minimum absolute atomic E-state index is 0.297. The number of hydrogen-bond acceptors (Lipinski definition) is 6. The number of ether oxygens (including phenoxy) is 3. The van der Waals surface area contributed by atoms with Gasteiger partial charge in [-0.15, -0.1) is 11.3 Å². The number of amides is 1. The van der Waals surface area contributed by atoms with Crippen LogP contribution in [0.4, 0.5) is 5.00 Å². The van der Waals surface area contributed by atoms with Crippen molar-refractivity contribution in [3.63, 3.8) is 0 Å². The van der Waals surface area contributed by atoms with Crippen LogP contribution in [0.1, 0.15) is 53.1 Å². The van der Waals surface area contributed by atoms with Crippen molar-refractivity contribution in [1.82, 2.24) is 0 Å². The molecular weight excluding hydrogens is 414 g/mol. The summed E-state index contributed by atoms with van der Waals surface area (Å²) < 4.78 is 15.9. The molecule has 1 heterocycles. The molecule has 1 aliphatic rings. The predicted octanol–water partition coefficient (Wildman–Crippen LogP) is 5.11. The van der Waals surface area contributed by atoms with E-state index in [1.165, 1.54) is 22.3 Å². The fraction of sp³-hybridized carbons (Fsp3) is 0.417. The van der Waals surface area contributed by atoms with Gasteiger partial charge in [0.2, 0.25) is 5.91 Å². The summed E-state index contributed by atoms with van der Waals surface area (Å²) in [6.45, 7) is 4.27. The Morgan fingerprint density at radius 1 is 1.23 bits per heavy atom. The van der Waals surface area contributed by atoms with Gasteiger partial charge in [-0.3, -0.25) is 4.79 Å². The van der Waals surface area contributed by atoms with Gasteiger partial charge >= 0.3 is 5.97 Å². The summed E-state index contributed by atoms with van der Waals surface area (Å²) in [5, 5.41) is 3.46. The SMILES string of the molecule is CCOC(=O)c1c(NC(=O)/C=C/c2ccc(OC)cc2OC)sc2c1CCC(CC)C2. The average Bonchev–Trinajstić information content (AvgIpc) is 3.14. The monoisotopic (exact) mass is 443 g/mol. The molecule has 31 heavy (non-hydrogen) atoms. The Hall–Kier alpha value is -2.80. The van der Waals surface area contributed by atoms with Gasteiger partial charge in [0.15, 0.2) is 0 Å². The van der Waals surface area contributed by atoms with Gasteiger partial charge in [0.1, 0.15) is 16.5 Å². The molecule has 1 atom stereocenters. The molecule has 3 rings (SSSR count). The molecule has 0 bridgehead atoms. The van der Waals surface area contributed by atoms with Gasteiger partial charge in [0, 0.05) is 22.6 Å². The lowest BCUT2D eigenvalue weighted by atomic mass is 9.85. The molecule has 2 aromatic rings. The van der Waals surface area contributed by atoms with Crippen molar-refractivity contribution in [2.24, 2.45) is 5.92 Å². The molecule has 0 saturated heterocycles. The van der Waals surface area contributed by atoms with Crippen LogP contribution >= 0.6 is 11.3 Å². The summed E-state index contributed by atoms with van der Waals surface area (Å²) in [5.74, 6) is 1.21. The summed E-state index contributed by atoms with van der Waals surface area (Å²) >= 11 is 1.49. The van der Waals surface area contributed by atoms with Gasteiger partial charge in [-0.2, -0.15) is 0 Å². The quantitative estimate of drug-likeness (QED) is 0.453. The smallest absolute Gasteiger partial charge is 0.341 e. The van der Waals surface area contributed by atoms with Crippen molar-refractivity contribution in [3.8, 4) is 11.5 Å². The van der Waals surface area contributed by atoms with E-state index in [0.717, 1.165) is 36.8 Å². The van der Waals surface area contributed by atoms with E-state index in [1.54, 1.807) is 39.4 Å². The Morgan fingerprint density at radius 2 is 2.03 bits per heavy atom. The summed E-state index contributed by atoms with van der Waals surface area (Å²) in [6.07, 6.45) is 7.06. The highest BCUT2D eigenvalue weighted by Gasteiger charge is 2.29. The fourth-order valence-electron chi connectivity index (χ4n) is 3.79. The average molecular weight is 444 g/mol. The van der Waals surface area contributed by atoms with Crippen molar-refractivity contribution >= 4 is 34.3 Å². The topological polar surface area (TPSA) is 73.9 Å². The molecule has 0 aliphatic heterocycles. The Labute approximate surface area is 187 Å².